The van der Waals surface area contributed by atoms with E-state index in [1.165, 1.54) is 21.7 Å². The van der Waals surface area contributed by atoms with Crippen molar-refractivity contribution in [2.45, 2.75) is 27.7 Å². The van der Waals surface area contributed by atoms with Gasteiger partial charge >= 0.3 is 0 Å². The number of hydrogen-bond acceptors (Lipinski definition) is 5. The van der Waals surface area contributed by atoms with E-state index in [1.807, 2.05) is 18.7 Å². The molecule has 0 aliphatic carbocycles. The van der Waals surface area contributed by atoms with E-state index in [1.54, 1.807) is 23.1 Å². The maximum atomic E-state index is 13.2. The Hall–Kier alpha value is -3.55. The van der Waals surface area contributed by atoms with E-state index in [4.69, 9.17) is 4.74 Å². The quantitative estimate of drug-likeness (QED) is 0.639. The first-order chi connectivity index (χ1) is 16.8. The summed E-state index contributed by atoms with van der Waals surface area (Å²) in [7, 11) is 0. The molecule has 0 N–H and O–H groups in total. The summed E-state index contributed by atoms with van der Waals surface area (Å²) in [5.41, 5.74) is 4.60. The molecule has 2 aromatic carbocycles. The molecule has 0 spiro atoms. The van der Waals surface area contributed by atoms with Gasteiger partial charge in [-0.3, -0.25) is 19.3 Å². The van der Waals surface area contributed by atoms with Crippen molar-refractivity contribution in [1.29, 1.82) is 0 Å². The monoisotopic (exact) mass is 478 g/mol. The minimum atomic E-state index is -0.285. The van der Waals surface area contributed by atoms with Crippen molar-refractivity contribution in [3.63, 3.8) is 0 Å². The number of aryl methyl sites for hydroxylation is 2. The Labute approximate surface area is 207 Å². The largest absolute Gasteiger partial charge is 0.482 e. The second-order valence-corrected chi connectivity index (χ2v) is 9.09. The van der Waals surface area contributed by atoms with Gasteiger partial charge in [0.25, 0.3) is 11.8 Å². The predicted molar refractivity (Wildman–Crippen MR) is 136 cm³/mol. The summed E-state index contributed by atoms with van der Waals surface area (Å²) in [5.74, 6) is 0.0116. The van der Waals surface area contributed by atoms with Gasteiger partial charge < -0.3 is 19.4 Å². The van der Waals surface area contributed by atoms with Gasteiger partial charge in [0, 0.05) is 50.5 Å². The third-order valence-corrected chi connectivity index (χ3v) is 6.83. The fourth-order valence-corrected chi connectivity index (χ4v) is 4.69. The molecule has 4 rings (SSSR count). The molecule has 2 aliphatic rings. The van der Waals surface area contributed by atoms with Crippen LogP contribution in [0, 0.1) is 13.8 Å². The fourth-order valence-electron chi connectivity index (χ4n) is 4.69. The van der Waals surface area contributed by atoms with Crippen LogP contribution in [0.15, 0.2) is 36.4 Å². The summed E-state index contributed by atoms with van der Waals surface area (Å²) in [6.45, 7) is 11.7. The minimum Gasteiger partial charge on any atom is -0.482 e. The summed E-state index contributed by atoms with van der Waals surface area (Å²) in [6.07, 6.45) is 0. The number of hydrogen-bond donors (Lipinski definition) is 0. The summed E-state index contributed by atoms with van der Waals surface area (Å²) >= 11 is 0. The number of rotatable bonds is 6. The van der Waals surface area contributed by atoms with E-state index in [0.717, 1.165) is 13.1 Å². The first kappa shape index (κ1) is 24.6. The molecule has 1 saturated heterocycles. The lowest BCUT2D eigenvalue weighted by atomic mass is 10.1. The zero-order valence-corrected chi connectivity index (χ0v) is 21.0. The SMILES string of the molecule is CCN(CC)C(=O)c1ccc2c(c1)N(CC(=O)N1CCN(c3cc(C)ccc3C)CC1)C(=O)CO2. The van der Waals surface area contributed by atoms with Crippen LogP contribution >= 0.6 is 0 Å². The molecule has 8 nitrogen and oxygen atoms in total. The van der Waals surface area contributed by atoms with Crippen LogP contribution in [0.2, 0.25) is 0 Å². The number of carbonyl (C=O) groups excluding carboxylic acids is 3. The molecule has 2 aliphatic heterocycles. The van der Waals surface area contributed by atoms with E-state index in [2.05, 4.69) is 36.9 Å². The fraction of sp³-hybridized carbons (Fsp3) is 0.444. The molecule has 0 unspecified atom stereocenters. The third kappa shape index (κ3) is 5.11. The van der Waals surface area contributed by atoms with Crippen LogP contribution in [0.25, 0.3) is 0 Å². The van der Waals surface area contributed by atoms with Crippen LogP contribution < -0.4 is 14.5 Å². The lowest BCUT2D eigenvalue weighted by Crippen LogP contribution is -2.53. The second kappa shape index (κ2) is 10.4. The maximum absolute atomic E-state index is 13.2. The van der Waals surface area contributed by atoms with Gasteiger partial charge in [-0.05, 0) is 63.1 Å². The molecule has 0 saturated carbocycles. The van der Waals surface area contributed by atoms with Crippen molar-refractivity contribution in [2.24, 2.45) is 0 Å². The molecule has 0 bridgehead atoms. The van der Waals surface area contributed by atoms with Crippen LogP contribution in [0.1, 0.15) is 35.3 Å². The van der Waals surface area contributed by atoms with Gasteiger partial charge in [-0.15, -0.1) is 0 Å². The van der Waals surface area contributed by atoms with E-state index in [9.17, 15) is 14.4 Å². The molecule has 35 heavy (non-hydrogen) atoms. The van der Waals surface area contributed by atoms with E-state index in [-0.39, 0.29) is 30.9 Å². The zero-order chi connectivity index (χ0) is 25.1. The Balaban J connectivity index is 1.46. The maximum Gasteiger partial charge on any atom is 0.265 e. The van der Waals surface area contributed by atoms with Crippen LogP contribution in [0.5, 0.6) is 5.75 Å². The highest BCUT2D eigenvalue weighted by Gasteiger charge is 2.31. The number of nitrogens with zero attached hydrogens (tertiary/aromatic N) is 4. The number of carbonyl (C=O) groups is 3. The molecule has 0 atom stereocenters. The molecular formula is C27H34N4O4. The molecule has 2 aromatic rings. The highest BCUT2D eigenvalue weighted by molar-refractivity contribution is 6.04. The van der Waals surface area contributed by atoms with Crippen molar-refractivity contribution in [3.8, 4) is 5.75 Å². The number of benzene rings is 2. The smallest absolute Gasteiger partial charge is 0.265 e. The number of anilines is 2. The van der Waals surface area contributed by atoms with Crippen molar-refractivity contribution >= 4 is 29.1 Å². The summed E-state index contributed by atoms with van der Waals surface area (Å²) < 4.78 is 5.58. The Morgan fingerprint density at radius 1 is 0.943 bits per heavy atom. The molecule has 3 amide bonds. The lowest BCUT2D eigenvalue weighted by molar-refractivity contribution is -0.132. The van der Waals surface area contributed by atoms with Gasteiger partial charge in [0.15, 0.2) is 6.61 Å². The normalized spacial score (nSPS) is 15.5. The predicted octanol–water partition coefficient (Wildman–Crippen LogP) is 2.86. The Bertz CT molecular complexity index is 1120. The number of amides is 3. The first-order valence-corrected chi connectivity index (χ1v) is 12.3. The Kier molecular flexibility index (Phi) is 7.28. The first-order valence-electron chi connectivity index (χ1n) is 12.3. The van der Waals surface area contributed by atoms with Crippen molar-refractivity contribution in [3.05, 3.63) is 53.1 Å². The summed E-state index contributed by atoms with van der Waals surface area (Å²) in [4.78, 5) is 46.1. The van der Waals surface area contributed by atoms with Crippen molar-refractivity contribution in [1.82, 2.24) is 9.80 Å². The molecular weight excluding hydrogens is 444 g/mol. The summed E-state index contributed by atoms with van der Waals surface area (Å²) in [5, 5.41) is 0. The van der Waals surface area contributed by atoms with Gasteiger partial charge in [0.1, 0.15) is 12.3 Å². The summed E-state index contributed by atoms with van der Waals surface area (Å²) in [6, 6.07) is 11.5. The number of fused-ring (bicyclic) bond motifs is 1. The Morgan fingerprint density at radius 2 is 1.66 bits per heavy atom. The van der Waals surface area contributed by atoms with Crippen LogP contribution in [0.4, 0.5) is 11.4 Å². The molecule has 1 fully saturated rings. The van der Waals surface area contributed by atoms with Crippen LogP contribution in [-0.4, -0.2) is 79.9 Å². The Morgan fingerprint density at radius 3 is 2.34 bits per heavy atom. The van der Waals surface area contributed by atoms with Crippen molar-refractivity contribution < 1.29 is 19.1 Å². The van der Waals surface area contributed by atoms with Gasteiger partial charge in [0.2, 0.25) is 5.91 Å². The van der Waals surface area contributed by atoms with E-state index < -0.39 is 0 Å². The highest BCUT2D eigenvalue weighted by Crippen LogP contribution is 2.33. The van der Waals surface area contributed by atoms with Crippen LogP contribution in [0.3, 0.4) is 0 Å². The van der Waals surface area contributed by atoms with Gasteiger partial charge in [-0.25, -0.2) is 0 Å². The minimum absolute atomic E-state index is 0.0679. The highest BCUT2D eigenvalue weighted by atomic mass is 16.5. The average Bonchev–Trinajstić information content (AvgIpc) is 2.87. The zero-order valence-electron chi connectivity index (χ0n) is 21.0. The second-order valence-electron chi connectivity index (χ2n) is 9.09. The number of piperazine rings is 1. The number of ether oxygens (including phenoxy) is 1. The molecule has 2 heterocycles. The molecule has 8 heteroatoms. The molecule has 0 radical (unpaired) electrons. The van der Waals surface area contributed by atoms with E-state index in [0.29, 0.717) is 43.2 Å². The van der Waals surface area contributed by atoms with Crippen molar-refractivity contribution in [2.75, 3.05) is 62.2 Å². The standard InChI is InChI=1S/C27H34N4O4/c1-5-28(6-2)27(34)21-9-10-24-23(16-21)31(26(33)18-35-24)17-25(32)30-13-11-29(12-14-30)22-15-19(3)7-8-20(22)4/h7-10,15-16H,5-6,11-14,17-18H2,1-4H3. The van der Waals surface area contributed by atoms with Gasteiger partial charge in [-0.1, -0.05) is 12.1 Å². The van der Waals surface area contributed by atoms with Gasteiger partial charge in [-0.2, -0.15) is 0 Å². The molecule has 186 valence electrons. The van der Waals surface area contributed by atoms with E-state index >= 15 is 0 Å². The van der Waals surface area contributed by atoms with Crippen LogP contribution in [-0.2, 0) is 9.59 Å². The third-order valence-electron chi connectivity index (χ3n) is 6.83. The van der Waals surface area contributed by atoms with Gasteiger partial charge in [0.05, 0.1) is 5.69 Å². The average molecular weight is 479 g/mol. The molecule has 0 aromatic heterocycles. The topological polar surface area (TPSA) is 73.4 Å². The lowest BCUT2D eigenvalue weighted by Gasteiger charge is -2.38.